The third-order valence-corrected chi connectivity index (χ3v) is 5.46. The molecule has 5 nitrogen and oxygen atoms in total. The first-order valence-corrected chi connectivity index (χ1v) is 10.8. The molecule has 0 saturated heterocycles. The lowest BCUT2D eigenvalue weighted by Gasteiger charge is -2.16. The van der Waals surface area contributed by atoms with Crippen LogP contribution in [0.25, 0.3) is 10.9 Å². The number of amides is 1. The molecule has 0 spiro atoms. The van der Waals surface area contributed by atoms with E-state index in [0.717, 1.165) is 25.7 Å². The monoisotopic (exact) mass is 389 g/mol. The van der Waals surface area contributed by atoms with E-state index in [0.29, 0.717) is 28.5 Å². The summed E-state index contributed by atoms with van der Waals surface area (Å²) in [5, 5.41) is 4.30. The van der Waals surface area contributed by atoms with E-state index >= 15 is 0 Å². The van der Waals surface area contributed by atoms with E-state index in [4.69, 9.17) is 0 Å². The average molecular weight is 390 g/mol. The molecule has 0 aliphatic rings. The minimum atomic E-state index is -0.0257. The number of nitrogens with one attached hydrogen (secondary N) is 1. The van der Waals surface area contributed by atoms with Gasteiger partial charge < -0.3 is 5.32 Å². The van der Waals surface area contributed by atoms with Crippen LogP contribution in [0.15, 0.2) is 34.2 Å². The average Bonchev–Trinajstić information content (AvgIpc) is 2.64. The summed E-state index contributed by atoms with van der Waals surface area (Å²) in [5.41, 5.74) is 0.658. The molecule has 0 saturated carbocycles. The Kier molecular flexibility index (Phi) is 8.35. The molecule has 0 aliphatic heterocycles. The van der Waals surface area contributed by atoms with Crippen LogP contribution in [-0.2, 0) is 11.3 Å². The molecule has 1 amide bonds. The molecule has 1 N–H and O–H groups in total. The molecule has 1 aromatic carbocycles. The van der Waals surface area contributed by atoms with Crippen molar-refractivity contribution in [1.82, 2.24) is 14.9 Å². The Morgan fingerprint density at radius 3 is 2.67 bits per heavy atom. The molecule has 6 heteroatoms. The lowest BCUT2D eigenvalue weighted by molar-refractivity contribution is -0.119. The van der Waals surface area contributed by atoms with Gasteiger partial charge in [0.1, 0.15) is 0 Å². The molecule has 0 aliphatic carbocycles. The van der Waals surface area contributed by atoms with Crippen molar-refractivity contribution in [3.8, 4) is 0 Å². The summed E-state index contributed by atoms with van der Waals surface area (Å²) in [6, 6.07) is 7.55. The molecule has 1 atom stereocenters. The number of thioether (sulfide) groups is 1. The number of benzene rings is 1. The molecular formula is C21H31N3O2S. The van der Waals surface area contributed by atoms with Gasteiger partial charge in [0.25, 0.3) is 5.56 Å². The number of fused-ring (bicyclic) bond motifs is 1. The SMILES string of the molecule is CCCCn1c(SCC(=O)N[C@H](C)CCC(C)C)nc2ccccc2c1=O. The summed E-state index contributed by atoms with van der Waals surface area (Å²) in [6.07, 6.45) is 3.98. The van der Waals surface area contributed by atoms with Crippen molar-refractivity contribution in [2.24, 2.45) is 5.92 Å². The number of aromatic nitrogens is 2. The second kappa shape index (κ2) is 10.5. The number of nitrogens with zero attached hydrogens (tertiary/aromatic N) is 2. The number of para-hydroxylation sites is 1. The van der Waals surface area contributed by atoms with E-state index in [1.54, 1.807) is 4.57 Å². The molecule has 2 aromatic rings. The van der Waals surface area contributed by atoms with Crippen molar-refractivity contribution in [2.75, 3.05) is 5.75 Å². The predicted molar refractivity (Wildman–Crippen MR) is 113 cm³/mol. The van der Waals surface area contributed by atoms with E-state index < -0.39 is 0 Å². The maximum absolute atomic E-state index is 12.8. The first-order chi connectivity index (χ1) is 12.9. The molecular weight excluding hydrogens is 358 g/mol. The van der Waals surface area contributed by atoms with Crippen molar-refractivity contribution in [2.45, 2.75) is 71.1 Å². The van der Waals surface area contributed by atoms with Gasteiger partial charge in [0, 0.05) is 12.6 Å². The summed E-state index contributed by atoms with van der Waals surface area (Å²) >= 11 is 1.34. The molecule has 27 heavy (non-hydrogen) atoms. The highest BCUT2D eigenvalue weighted by atomic mass is 32.2. The van der Waals surface area contributed by atoms with Gasteiger partial charge >= 0.3 is 0 Å². The number of carbonyl (C=O) groups is 1. The normalized spacial score (nSPS) is 12.5. The first kappa shape index (κ1) is 21.5. The largest absolute Gasteiger partial charge is 0.353 e. The van der Waals surface area contributed by atoms with Crippen LogP contribution in [-0.4, -0.2) is 27.3 Å². The summed E-state index contributed by atoms with van der Waals surface area (Å²) in [5.74, 6) is 0.886. The van der Waals surface area contributed by atoms with Crippen LogP contribution in [0.1, 0.15) is 53.4 Å². The number of rotatable bonds is 10. The Morgan fingerprint density at radius 1 is 1.22 bits per heavy atom. The standard InChI is InChI=1S/C21H31N3O2S/c1-5-6-13-24-20(26)17-9-7-8-10-18(17)23-21(24)27-14-19(25)22-16(4)12-11-15(2)3/h7-10,15-16H,5-6,11-14H2,1-4H3,(H,22,25)/t16-/m1/s1. The number of carbonyl (C=O) groups excluding carboxylic acids is 1. The molecule has 1 heterocycles. The lowest BCUT2D eigenvalue weighted by atomic mass is 10.0. The van der Waals surface area contributed by atoms with E-state index in [9.17, 15) is 9.59 Å². The maximum Gasteiger partial charge on any atom is 0.262 e. The zero-order valence-electron chi connectivity index (χ0n) is 16.8. The summed E-state index contributed by atoms with van der Waals surface area (Å²) in [4.78, 5) is 29.8. The predicted octanol–water partition coefficient (Wildman–Crippen LogP) is 4.23. The van der Waals surface area contributed by atoms with Gasteiger partial charge in [-0.25, -0.2) is 4.98 Å². The zero-order chi connectivity index (χ0) is 19.8. The van der Waals surface area contributed by atoms with Crippen molar-refractivity contribution < 1.29 is 4.79 Å². The minimum absolute atomic E-state index is 0.0132. The molecule has 0 fully saturated rings. The smallest absolute Gasteiger partial charge is 0.262 e. The Hall–Kier alpha value is -1.82. The van der Waals surface area contributed by atoms with Gasteiger partial charge in [-0.1, -0.05) is 51.1 Å². The van der Waals surface area contributed by atoms with Crippen LogP contribution in [0, 0.1) is 5.92 Å². The van der Waals surface area contributed by atoms with Crippen molar-refractivity contribution in [3.05, 3.63) is 34.6 Å². The molecule has 0 bridgehead atoms. The zero-order valence-corrected chi connectivity index (χ0v) is 17.6. The number of unbranched alkanes of at least 4 members (excludes halogenated alkanes) is 1. The Bertz CT molecular complexity index is 817. The summed E-state index contributed by atoms with van der Waals surface area (Å²) < 4.78 is 1.71. The van der Waals surface area contributed by atoms with Gasteiger partial charge in [0.2, 0.25) is 5.91 Å². The van der Waals surface area contributed by atoms with Gasteiger partial charge in [-0.3, -0.25) is 14.2 Å². The van der Waals surface area contributed by atoms with Gasteiger partial charge in [-0.05, 0) is 44.2 Å². The van der Waals surface area contributed by atoms with E-state index in [2.05, 4.69) is 31.1 Å². The van der Waals surface area contributed by atoms with Crippen LogP contribution in [0.2, 0.25) is 0 Å². The maximum atomic E-state index is 12.8. The molecule has 0 unspecified atom stereocenters. The topological polar surface area (TPSA) is 64.0 Å². The molecule has 2 rings (SSSR count). The minimum Gasteiger partial charge on any atom is -0.353 e. The van der Waals surface area contributed by atoms with Gasteiger partial charge in [-0.2, -0.15) is 0 Å². The molecule has 1 aromatic heterocycles. The fraction of sp³-hybridized carbons (Fsp3) is 0.571. The van der Waals surface area contributed by atoms with Gasteiger partial charge in [-0.15, -0.1) is 0 Å². The Balaban J connectivity index is 2.10. The van der Waals surface area contributed by atoms with Gasteiger partial charge in [0.15, 0.2) is 5.16 Å². The van der Waals surface area contributed by atoms with Crippen molar-refractivity contribution >= 4 is 28.6 Å². The van der Waals surface area contributed by atoms with Crippen LogP contribution >= 0.6 is 11.8 Å². The lowest BCUT2D eigenvalue weighted by Crippen LogP contribution is -2.34. The fourth-order valence-corrected chi connectivity index (χ4v) is 3.71. The van der Waals surface area contributed by atoms with Crippen LogP contribution in [0.5, 0.6) is 0 Å². The van der Waals surface area contributed by atoms with Crippen LogP contribution in [0.3, 0.4) is 0 Å². The van der Waals surface area contributed by atoms with Crippen molar-refractivity contribution in [1.29, 1.82) is 0 Å². The number of hydrogen-bond acceptors (Lipinski definition) is 4. The van der Waals surface area contributed by atoms with Crippen LogP contribution < -0.4 is 10.9 Å². The third kappa shape index (κ3) is 6.38. The van der Waals surface area contributed by atoms with Crippen LogP contribution in [0.4, 0.5) is 0 Å². The van der Waals surface area contributed by atoms with E-state index in [-0.39, 0.29) is 23.3 Å². The highest BCUT2D eigenvalue weighted by Gasteiger charge is 2.14. The van der Waals surface area contributed by atoms with Crippen molar-refractivity contribution in [3.63, 3.8) is 0 Å². The Labute approximate surface area is 166 Å². The summed E-state index contributed by atoms with van der Waals surface area (Å²) in [7, 11) is 0. The first-order valence-electron chi connectivity index (χ1n) is 9.84. The highest BCUT2D eigenvalue weighted by molar-refractivity contribution is 7.99. The third-order valence-electron chi connectivity index (χ3n) is 4.48. The van der Waals surface area contributed by atoms with E-state index in [1.807, 2.05) is 31.2 Å². The Morgan fingerprint density at radius 2 is 1.96 bits per heavy atom. The van der Waals surface area contributed by atoms with Gasteiger partial charge in [0.05, 0.1) is 16.7 Å². The quantitative estimate of drug-likeness (QED) is 0.488. The second-order valence-electron chi connectivity index (χ2n) is 7.45. The molecule has 0 radical (unpaired) electrons. The fourth-order valence-electron chi connectivity index (χ4n) is 2.87. The van der Waals surface area contributed by atoms with E-state index in [1.165, 1.54) is 11.8 Å². The summed E-state index contributed by atoms with van der Waals surface area (Å²) in [6.45, 7) is 9.13. The highest BCUT2D eigenvalue weighted by Crippen LogP contribution is 2.18. The second-order valence-corrected chi connectivity index (χ2v) is 8.39. The molecule has 148 valence electrons. The number of hydrogen-bond donors (Lipinski definition) is 1.